The summed E-state index contributed by atoms with van der Waals surface area (Å²) < 4.78 is 14.0. The molecule has 3 rings (SSSR count). The van der Waals surface area contributed by atoms with Crippen molar-refractivity contribution in [2.45, 2.75) is 32.4 Å². The average Bonchev–Trinajstić information content (AvgIpc) is 2.83. The minimum Gasteiger partial charge on any atom is -0.324 e. The summed E-state index contributed by atoms with van der Waals surface area (Å²) in [5.74, 6) is -1.52. The highest BCUT2D eigenvalue weighted by Gasteiger charge is 2.31. The van der Waals surface area contributed by atoms with E-state index in [0.717, 1.165) is 6.07 Å². The highest BCUT2D eigenvalue weighted by Crippen LogP contribution is 2.31. The number of amides is 3. The van der Waals surface area contributed by atoms with Crippen molar-refractivity contribution in [3.63, 3.8) is 0 Å². The molecule has 2 aromatic rings. The normalized spacial score (nSPS) is 16.9. The van der Waals surface area contributed by atoms with Crippen LogP contribution in [0.3, 0.4) is 0 Å². The molecule has 1 aliphatic heterocycles. The van der Waals surface area contributed by atoms with Crippen molar-refractivity contribution in [1.29, 1.82) is 0 Å². The summed E-state index contributed by atoms with van der Waals surface area (Å²) in [6.07, 6.45) is 0.163. The van der Waals surface area contributed by atoms with Gasteiger partial charge in [0.25, 0.3) is 0 Å². The van der Waals surface area contributed by atoms with E-state index >= 15 is 0 Å². The number of anilines is 3. The van der Waals surface area contributed by atoms with Crippen molar-refractivity contribution < 1.29 is 18.8 Å². The van der Waals surface area contributed by atoms with Gasteiger partial charge in [-0.1, -0.05) is 23.7 Å². The summed E-state index contributed by atoms with van der Waals surface area (Å²) in [5.41, 5.74) is 1.19. The van der Waals surface area contributed by atoms with Gasteiger partial charge < -0.3 is 15.5 Å². The maximum Gasteiger partial charge on any atom is 0.241 e. The third kappa shape index (κ3) is 5.21. The SMILES string of the molecule is C[C@@H]1CC(=O)Nc2ccccc2N1C(=O)CN(C)[C@@H](C)C(=O)Nc1ccc(Cl)cc1F. The van der Waals surface area contributed by atoms with E-state index in [1.807, 2.05) is 0 Å². The zero-order chi connectivity index (χ0) is 22.7. The van der Waals surface area contributed by atoms with Crippen molar-refractivity contribution in [2.24, 2.45) is 0 Å². The largest absolute Gasteiger partial charge is 0.324 e. The molecule has 2 atom stereocenters. The maximum atomic E-state index is 14.0. The van der Waals surface area contributed by atoms with Gasteiger partial charge in [0.15, 0.2) is 0 Å². The van der Waals surface area contributed by atoms with Crippen LogP contribution in [0.2, 0.25) is 5.02 Å². The lowest BCUT2D eigenvalue weighted by molar-refractivity contribution is -0.123. The highest BCUT2D eigenvalue weighted by atomic mass is 35.5. The fourth-order valence-corrected chi connectivity index (χ4v) is 3.58. The first-order valence-electron chi connectivity index (χ1n) is 9.84. The molecule has 1 heterocycles. The van der Waals surface area contributed by atoms with E-state index in [0.29, 0.717) is 11.4 Å². The lowest BCUT2D eigenvalue weighted by Crippen LogP contribution is -2.48. The lowest BCUT2D eigenvalue weighted by atomic mass is 10.1. The highest BCUT2D eigenvalue weighted by molar-refractivity contribution is 6.30. The molecule has 7 nitrogen and oxygen atoms in total. The Bertz CT molecular complexity index is 1020. The van der Waals surface area contributed by atoms with Crippen LogP contribution in [-0.2, 0) is 14.4 Å². The Morgan fingerprint density at radius 2 is 2.03 bits per heavy atom. The molecule has 0 spiro atoms. The molecule has 3 amide bonds. The molecular weight excluding hydrogens is 423 g/mol. The van der Waals surface area contributed by atoms with Crippen LogP contribution in [0.1, 0.15) is 20.3 Å². The Morgan fingerprint density at radius 1 is 1.32 bits per heavy atom. The molecule has 9 heteroatoms. The topological polar surface area (TPSA) is 81.8 Å². The van der Waals surface area contributed by atoms with Crippen molar-refractivity contribution in [2.75, 3.05) is 29.1 Å². The quantitative estimate of drug-likeness (QED) is 0.736. The first kappa shape index (κ1) is 22.7. The van der Waals surface area contributed by atoms with Gasteiger partial charge in [-0.2, -0.15) is 0 Å². The third-order valence-electron chi connectivity index (χ3n) is 5.24. The van der Waals surface area contributed by atoms with Gasteiger partial charge in [-0.3, -0.25) is 19.3 Å². The number of carbonyl (C=O) groups is 3. The van der Waals surface area contributed by atoms with Gasteiger partial charge in [-0.05, 0) is 51.2 Å². The Morgan fingerprint density at radius 3 is 2.74 bits per heavy atom. The summed E-state index contributed by atoms with van der Waals surface area (Å²) in [6.45, 7) is 3.37. The number of likely N-dealkylation sites (N-methyl/N-ethyl adjacent to an activating group) is 1. The van der Waals surface area contributed by atoms with Crippen molar-refractivity contribution in [1.82, 2.24) is 4.90 Å². The fourth-order valence-electron chi connectivity index (χ4n) is 3.42. The summed E-state index contributed by atoms with van der Waals surface area (Å²) in [6, 6.07) is 10.0. The first-order valence-corrected chi connectivity index (χ1v) is 10.2. The Labute approximate surface area is 185 Å². The van der Waals surface area contributed by atoms with E-state index in [2.05, 4.69) is 10.6 Å². The average molecular weight is 447 g/mol. The number of nitrogens with one attached hydrogen (secondary N) is 2. The second-order valence-corrected chi connectivity index (χ2v) is 8.02. The minimum atomic E-state index is -0.712. The zero-order valence-corrected chi connectivity index (χ0v) is 18.2. The summed E-state index contributed by atoms with van der Waals surface area (Å²) >= 11 is 5.74. The molecule has 0 saturated heterocycles. The molecule has 0 fully saturated rings. The molecule has 0 unspecified atom stereocenters. The monoisotopic (exact) mass is 446 g/mol. The molecule has 0 radical (unpaired) electrons. The van der Waals surface area contributed by atoms with E-state index in [4.69, 9.17) is 11.6 Å². The van der Waals surface area contributed by atoms with Crippen LogP contribution in [0.4, 0.5) is 21.5 Å². The van der Waals surface area contributed by atoms with Gasteiger partial charge in [0.2, 0.25) is 17.7 Å². The van der Waals surface area contributed by atoms with Gasteiger partial charge in [0.1, 0.15) is 5.82 Å². The second-order valence-electron chi connectivity index (χ2n) is 7.59. The number of rotatable bonds is 5. The molecule has 0 aromatic heterocycles. The molecular formula is C22H24ClFN4O3. The van der Waals surface area contributed by atoms with E-state index in [9.17, 15) is 18.8 Å². The van der Waals surface area contributed by atoms with Crippen LogP contribution in [0.15, 0.2) is 42.5 Å². The molecule has 164 valence electrons. The fraction of sp³-hybridized carbons (Fsp3) is 0.318. The van der Waals surface area contributed by atoms with Crippen LogP contribution in [0.25, 0.3) is 0 Å². The van der Waals surface area contributed by atoms with Crippen molar-refractivity contribution >= 4 is 46.4 Å². The van der Waals surface area contributed by atoms with E-state index in [1.165, 1.54) is 12.1 Å². The first-order chi connectivity index (χ1) is 14.7. The Balaban J connectivity index is 1.71. The second kappa shape index (κ2) is 9.45. The Hall–Kier alpha value is -2.97. The van der Waals surface area contributed by atoms with Gasteiger partial charge in [0.05, 0.1) is 29.6 Å². The number of nitrogens with zero attached hydrogens (tertiary/aromatic N) is 2. The number of benzene rings is 2. The van der Waals surface area contributed by atoms with Crippen molar-refractivity contribution in [3.8, 4) is 0 Å². The van der Waals surface area contributed by atoms with Gasteiger partial charge in [0, 0.05) is 17.5 Å². The van der Waals surface area contributed by atoms with Gasteiger partial charge >= 0.3 is 0 Å². The summed E-state index contributed by atoms with van der Waals surface area (Å²) in [7, 11) is 1.64. The number of hydrogen-bond donors (Lipinski definition) is 2. The molecule has 0 saturated carbocycles. The number of fused-ring (bicyclic) bond motifs is 1. The molecule has 0 aliphatic carbocycles. The van der Waals surface area contributed by atoms with Gasteiger partial charge in [-0.25, -0.2) is 4.39 Å². The number of halogens is 2. The summed E-state index contributed by atoms with van der Waals surface area (Å²) in [5, 5.41) is 5.56. The smallest absolute Gasteiger partial charge is 0.241 e. The number of hydrogen-bond acceptors (Lipinski definition) is 4. The van der Waals surface area contributed by atoms with E-state index in [-0.39, 0.29) is 41.5 Å². The predicted molar refractivity (Wildman–Crippen MR) is 119 cm³/mol. The predicted octanol–water partition coefficient (Wildman–Crippen LogP) is 3.50. The molecule has 2 N–H and O–H groups in total. The summed E-state index contributed by atoms with van der Waals surface area (Å²) in [4.78, 5) is 41.0. The minimum absolute atomic E-state index is 0.0145. The molecule has 1 aliphatic rings. The third-order valence-corrected chi connectivity index (χ3v) is 5.48. The van der Waals surface area contributed by atoms with E-state index < -0.39 is 17.8 Å². The zero-order valence-electron chi connectivity index (χ0n) is 17.5. The lowest BCUT2D eigenvalue weighted by Gasteiger charge is -2.31. The molecule has 0 bridgehead atoms. The van der Waals surface area contributed by atoms with Crippen LogP contribution < -0.4 is 15.5 Å². The Kier molecular flexibility index (Phi) is 6.92. The van der Waals surface area contributed by atoms with E-state index in [1.54, 1.807) is 55.0 Å². The molecule has 2 aromatic carbocycles. The number of carbonyl (C=O) groups excluding carboxylic acids is 3. The maximum absolute atomic E-state index is 14.0. The standard InChI is InChI=1S/C22H24ClFN4O3/c1-13-10-20(29)25-18-6-4-5-7-19(18)28(13)21(30)12-27(3)14(2)22(31)26-17-9-8-15(23)11-16(17)24/h4-9,11,13-14H,10,12H2,1-3H3,(H,25,29)(H,26,31)/t13-,14+/m1/s1. The number of para-hydroxylation sites is 2. The van der Waals surface area contributed by atoms with Crippen LogP contribution in [-0.4, -0.2) is 48.3 Å². The van der Waals surface area contributed by atoms with Crippen molar-refractivity contribution in [3.05, 3.63) is 53.3 Å². The van der Waals surface area contributed by atoms with Crippen LogP contribution >= 0.6 is 11.6 Å². The van der Waals surface area contributed by atoms with Crippen LogP contribution in [0.5, 0.6) is 0 Å². The van der Waals surface area contributed by atoms with Gasteiger partial charge in [-0.15, -0.1) is 0 Å². The van der Waals surface area contributed by atoms with Crippen LogP contribution in [0, 0.1) is 5.82 Å². The molecule has 31 heavy (non-hydrogen) atoms.